The van der Waals surface area contributed by atoms with Crippen molar-refractivity contribution >= 4 is 43.6 Å². The van der Waals surface area contributed by atoms with E-state index in [9.17, 15) is 8.42 Å². The molecule has 0 aliphatic heterocycles. The molecular formula is C14H11IN2O2S. The zero-order valence-corrected chi connectivity index (χ0v) is 13.6. The highest BCUT2D eigenvalue weighted by Crippen LogP contribution is 2.23. The minimum atomic E-state index is -3.62. The molecule has 0 saturated heterocycles. The summed E-state index contributed by atoms with van der Waals surface area (Å²) in [6.45, 7) is 1.70. The van der Waals surface area contributed by atoms with Gasteiger partial charge >= 0.3 is 0 Å². The van der Waals surface area contributed by atoms with Crippen molar-refractivity contribution in [2.75, 3.05) is 0 Å². The van der Waals surface area contributed by atoms with Gasteiger partial charge in [0.25, 0.3) is 10.0 Å². The molecule has 1 aromatic heterocycles. The predicted octanol–water partition coefficient (Wildman–Crippen LogP) is 3.19. The van der Waals surface area contributed by atoms with E-state index in [2.05, 4.69) is 27.6 Å². The van der Waals surface area contributed by atoms with Crippen LogP contribution in [0.25, 0.3) is 11.0 Å². The van der Waals surface area contributed by atoms with E-state index in [1.54, 1.807) is 37.3 Å². The van der Waals surface area contributed by atoms with Crippen molar-refractivity contribution < 1.29 is 8.42 Å². The fourth-order valence-electron chi connectivity index (χ4n) is 2.14. The maximum atomic E-state index is 12.8. The van der Waals surface area contributed by atoms with E-state index >= 15 is 0 Å². The van der Waals surface area contributed by atoms with Crippen molar-refractivity contribution in [1.82, 2.24) is 8.96 Å². The van der Waals surface area contributed by atoms with E-state index in [1.165, 1.54) is 3.97 Å². The Hall–Kier alpha value is -1.41. The smallest absolute Gasteiger partial charge is 0.232 e. The fraction of sp³-hybridized carbons (Fsp3) is 0.0714. The molecule has 0 radical (unpaired) electrons. The molecule has 0 spiro atoms. The van der Waals surface area contributed by atoms with Gasteiger partial charge < -0.3 is 0 Å². The first-order valence-corrected chi connectivity index (χ1v) is 8.47. The number of fused-ring (bicyclic) bond motifs is 1. The molecule has 3 rings (SSSR count). The van der Waals surface area contributed by atoms with E-state index < -0.39 is 10.0 Å². The Morgan fingerprint density at radius 1 is 1.05 bits per heavy atom. The van der Waals surface area contributed by atoms with Crippen molar-refractivity contribution in [3.8, 4) is 0 Å². The molecule has 0 saturated carbocycles. The number of para-hydroxylation sites is 2. The maximum Gasteiger partial charge on any atom is 0.269 e. The summed E-state index contributed by atoms with van der Waals surface area (Å²) < 4.78 is 27.8. The highest BCUT2D eigenvalue weighted by Gasteiger charge is 2.22. The number of rotatable bonds is 2. The molecule has 0 atom stereocenters. The number of hydrogen-bond donors (Lipinski definition) is 0. The van der Waals surface area contributed by atoms with E-state index in [1.807, 2.05) is 18.2 Å². The molecule has 0 aliphatic rings. The lowest BCUT2D eigenvalue weighted by atomic mass is 10.3. The van der Waals surface area contributed by atoms with Crippen LogP contribution in [0.3, 0.4) is 0 Å². The molecule has 0 bridgehead atoms. The SMILES string of the molecule is Cc1nc2ccccc2n1S(=O)(=O)c1ccc(I)cc1. The third-order valence-corrected chi connectivity index (χ3v) is 5.56. The molecule has 4 nitrogen and oxygen atoms in total. The minimum absolute atomic E-state index is 0.268. The lowest BCUT2D eigenvalue weighted by Crippen LogP contribution is -2.14. The summed E-state index contributed by atoms with van der Waals surface area (Å²) in [5.41, 5.74) is 1.28. The Morgan fingerprint density at radius 2 is 1.70 bits per heavy atom. The van der Waals surface area contributed by atoms with Crippen LogP contribution < -0.4 is 0 Å². The van der Waals surface area contributed by atoms with Crippen LogP contribution in [-0.4, -0.2) is 17.4 Å². The molecule has 0 aliphatic carbocycles. The monoisotopic (exact) mass is 398 g/mol. The lowest BCUT2D eigenvalue weighted by molar-refractivity contribution is 0.587. The quantitative estimate of drug-likeness (QED) is 0.624. The molecule has 2 aromatic carbocycles. The van der Waals surface area contributed by atoms with Gasteiger partial charge in [-0.3, -0.25) is 0 Å². The average Bonchev–Trinajstić information content (AvgIpc) is 2.75. The highest BCUT2D eigenvalue weighted by molar-refractivity contribution is 14.1. The normalized spacial score (nSPS) is 11.9. The summed E-state index contributed by atoms with van der Waals surface area (Å²) in [5, 5.41) is 0. The average molecular weight is 398 g/mol. The van der Waals surface area contributed by atoms with Crippen LogP contribution in [0.15, 0.2) is 53.4 Å². The Kier molecular flexibility index (Phi) is 3.29. The van der Waals surface area contributed by atoms with Gasteiger partial charge in [-0.25, -0.2) is 17.4 Å². The topological polar surface area (TPSA) is 52.0 Å². The summed E-state index contributed by atoms with van der Waals surface area (Å²) >= 11 is 2.15. The zero-order valence-electron chi connectivity index (χ0n) is 10.6. The molecule has 0 N–H and O–H groups in total. The van der Waals surface area contributed by atoms with E-state index in [0.717, 1.165) is 3.57 Å². The third-order valence-electron chi connectivity index (χ3n) is 3.03. The summed E-state index contributed by atoms with van der Waals surface area (Å²) in [5.74, 6) is 0.463. The first kappa shape index (κ1) is 13.6. The van der Waals surface area contributed by atoms with Gasteiger partial charge in [0.05, 0.1) is 15.9 Å². The van der Waals surface area contributed by atoms with Gasteiger partial charge in [0.15, 0.2) is 0 Å². The van der Waals surface area contributed by atoms with Crippen LogP contribution in [0, 0.1) is 10.5 Å². The number of aromatic nitrogens is 2. The zero-order chi connectivity index (χ0) is 14.3. The molecule has 0 fully saturated rings. The van der Waals surface area contributed by atoms with Gasteiger partial charge in [-0.1, -0.05) is 12.1 Å². The molecular weight excluding hydrogens is 387 g/mol. The molecule has 20 heavy (non-hydrogen) atoms. The standard InChI is InChI=1S/C14H11IN2O2S/c1-10-16-13-4-2-3-5-14(13)17(10)20(18,19)12-8-6-11(15)7-9-12/h2-9H,1H3. The predicted molar refractivity (Wildman–Crippen MR) is 86.2 cm³/mol. The van der Waals surface area contributed by atoms with Crippen LogP contribution >= 0.6 is 22.6 Å². The number of imidazole rings is 1. The van der Waals surface area contributed by atoms with E-state index in [-0.39, 0.29) is 4.90 Å². The van der Waals surface area contributed by atoms with Gasteiger partial charge in [-0.05, 0) is 65.9 Å². The third kappa shape index (κ3) is 2.12. The first-order chi connectivity index (χ1) is 9.50. The second-order valence-electron chi connectivity index (χ2n) is 4.37. The molecule has 0 amide bonds. The van der Waals surface area contributed by atoms with Crippen LogP contribution in [-0.2, 0) is 10.0 Å². The largest absolute Gasteiger partial charge is 0.269 e. The van der Waals surface area contributed by atoms with Gasteiger partial charge in [0, 0.05) is 3.57 Å². The summed E-state index contributed by atoms with van der Waals surface area (Å²) in [7, 11) is -3.62. The fourth-order valence-corrected chi connectivity index (χ4v) is 3.99. The van der Waals surface area contributed by atoms with Crippen LogP contribution in [0.4, 0.5) is 0 Å². The van der Waals surface area contributed by atoms with Crippen LogP contribution in [0.1, 0.15) is 5.82 Å². The van der Waals surface area contributed by atoms with E-state index in [0.29, 0.717) is 16.9 Å². The maximum absolute atomic E-state index is 12.8. The lowest BCUT2D eigenvalue weighted by Gasteiger charge is -2.08. The molecule has 102 valence electrons. The summed E-state index contributed by atoms with van der Waals surface area (Å²) in [6, 6.07) is 14.0. The molecule has 6 heteroatoms. The summed E-state index contributed by atoms with van der Waals surface area (Å²) in [4.78, 5) is 4.57. The van der Waals surface area contributed by atoms with Gasteiger partial charge in [-0.2, -0.15) is 0 Å². The van der Waals surface area contributed by atoms with Gasteiger partial charge in [-0.15, -0.1) is 0 Å². The second-order valence-corrected chi connectivity index (χ2v) is 7.40. The molecule has 3 aromatic rings. The van der Waals surface area contributed by atoms with Gasteiger partial charge in [0.2, 0.25) is 0 Å². The van der Waals surface area contributed by atoms with Crippen molar-refractivity contribution in [3.05, 3.63) is 57.9 Å². The van der Waals surface area contributed by atoms with Crippen molar-refractivity contribution in [3.63, 3.8) is 0 Å². The van der Waals surface area contributed by atoms with Gasteiger partial charge in [0.1, 0.15) is 5.82 Å². The first-order valence-electron chi connectivity index (χ1n) is 5.95. The Bertz CT molecular complexity index is 883. The minimum Gasteiger partial charge on any atom is -0.232 e. The highest BCUT2D eigenvalue weighted by atomic mass is 127. The van der Waals surface area contributed by atoms with Crippen molar-refractivity contribution in [2.24, 2.45) is 0 Å². The second kappa shape index (κ2) is 4.85. The number of nitrogens with zero attached hydrogens (tertiary/aromatic N) is 2. The van der Waals surface area contributed by atoms with Crippen LogP contribution in [0.2, 0.25) is 0 Å². The number of benzene rings is 2. The Morgan fingerprint density at radius 3 is 2.40 bits per heavy atom. The summed E-state index contributed by atoms with van der Waals surface area (Å²) in [6.07, 6.45) is 0. The Labute approximate surface area is 130 Å². The molecule has 0 unspecified atom stereocenters. The van der Waals surface area contributed by atoms with Crippen molar-refractivity contribution in [1.29, 1.82) is 0 Å². The Balaban J connectivity index is 2.29. The number of hydrogen-bond acceptors (Lipinski definition) is 3. The molecule has 1 heterocycles. The number of halogens is 1. The number of aryl methyl sites for hydroxylation is 1. The van der Waals surface area contributed by atoms with Crippen molar-refractivity contribution in [2.45, 2.75) is 11.8 Å². The van der Waals surface area contributed by atoms with E-state index in [4.69, 9.17) is 0 Å². The van der Waals surface area contributed by atoms with Crippen LogP contribution in [0.5, 0.6) is 0 Å².